The molecule has 0 saturated heterocycles. The van der Waals surface area contributed by atoms with E-state index in [4.69, 9.17) is 0 Å². The maximum Gasteiger partial charge on any atom is 0.307 e. The average molecular weight is 310 g/mol. The lowest BCUT2D eigenvalue weighted by Gasteiger charge is -2.16. The zero-order valence-electron chi connectivity index (χ0n) is 12.9. The second-order valence-corrected chi connectivity index (χ2v) is 6.28. The van der Waals surface area contributed by atoms with Crippen LogP contribution in [0.5, 0.6) is 0 Å². The van der Waals surface area contributed by atoms with Crippen LogP contribution in [0, 0.1) is 0 Å². The van der Waals surface area contributed by atoms with Gasteiger partial charge in [-0.2, -0.15) is 0 Å². The minimum atomic E-state index is -0.797. The lowest BCUT2D eigenvalue weighted by molar-refractivity contribution is -0.136. The molecule has 5 rings (SSSR count). The molecule has 0 unspecified atom stereocenters. The number of carboxylic acids is 1. The van der Waals surface area contributed by atoms with Crippen molar-refractivity contribution >= 4 is 49.1 Å². The normalized spacial score (nSPS) is 11.8. The molecule has 0 bridgehead atoms. The fourth-order valence-corrected chi connectivity index (χ4v) is 4.04. The topological polar surface area (TPSA) is 37.3 Å². The Hall–Kier alpha value is -3.13. The summed E-state index contributed by atoms with van der Waals surface area (Å²) in [6.07, 6.45) is 0.0434. The Kier molecular flexibility index (Phi) is 2.60. The van der Waals surface area contributed by atoms with Crippen LogP contribution in [0.1, 0.15) is 5.56 Å². The minimum Gasteiger partial charge on any atom is -0.481 e. The summed E-state index contributed by atoms with van der Waals surface area (Å²) in [5.74, 6) is -0.797. The third kappa shape index (κ3) is 1.68. The molecule has 114 valence electrons. The maximum atomic E-state index is 11.3. The molecule has 0 saturated carbocycles. The quantitative estimate of drug-likeness (QED) is 0.352. The summed E-state index contributed by atoms with van der Waals surface area (Å²) < 4.78 is 0. The largest absolute Gasteiger partial charge is 0.481 e. The SMILES string of the molecule is O=C(O)Cc1cc2cccc3c4ccccc4c4cccc1c4c23. The third-order valence-corrected chi connectivity index (χ3v) is 4.94. The lowest BCUT2D eigenvalue weighted by Crippen LogP contribution is -2.01. The first kappa shape index (κ1) is 13.3. The first-order valence-corrected chi connectivity index (χ1v) is 8.03. The van der Waals surface area contributed by atoms with Crippen molar-refractivity contribution in [1.82, 2.24) is 0 Å². The van der Waals surface area contributed by atoms with Gasteiger partial charge in [-0.1, -0.05) is 60.7 Å². The number of rotatable bonds is 2. The highest BCUT2D eigenvalue weighted by molar-refractivity contribution is 6.34. The van der Waals surface area contributed by atoms with E-state index in [2.05, 4.69) is 48.5 Å². The van der Waals surface area contributed by atoms with E-state index in [1.165, 1.54) is 32.3 Å². The number of hydrogen-bond donors (Lipinski definition) is 1. The predicted molar refractivity (Wildman–Crippen MR) is 99.0 cm³/mol. The molecule has 0 aliphatic heterocycles. The van der Waals surface area contributed by atoms with Gasteiger partial charge >= 0.3 is 5.97 Å². The van der Waals surface area contributed by atoms with Crippen molar-refractivity contribution in [3.05, 3.63) is 72.3 Å². The van der Waals surface area contributed by atoms with Gasteiger partial charge in [-0.3, -0.25) is 4.79 Å². The number of carboxylic acid groups (broad SMARTS) is 1. The van der Waals surface area contributed by atoms with Gasteiger partial charge < -0.3 is 5.11 Å². The van der Waals surface area contributed by atoms with Crippen LogP contribution in [-0.2, 0) is 11.2 Å². The van der Waals surface area contributed by atoms with Gasteiger partial charge in [0.2, 0.25) is 0 Å². The van der Waals surface area contributed by atoms with Crippen LogP contribution in [0.2, 0.25) is 0 Å². The van der Waals surface area contributed by atoms with Crippen molar-refractivity contribution in [3.63, 3.8) is 0 Å². The number of carbonyl (C=O) groups is 1. The van der Waals surface area contributed by atoms with Crippen molar-refractivity contribution in [3.8, 4) is 0 Å². The van der Waals surface area contributed by atoms with Gasteiger partial charge in [0.25, 0.3) is 0 Å². The third-order valence-electron chi connectivity index (χ3n) is 4.94. The van der Waals surface area contributed by atoms with E-state index in [1.807, 2.05) is 18.2 Å². The van der Waals surface area contributed by atoms with Crippen LogP contribution in [0.3, 0.4) is 0 Å². The molecule has 24 heavy (non-hydrogen) atoms. The Morgan fingerprint density at radius 2 is 1.29 bits per heavy atom. The van der Waals surface area contributed by atoms with Crippen molar-refractivity contribution in [1.29, 1.82) is 0 Å². The monoisotopic (exact) mass is 310 g/mol. The fourth-order valence-electron chi connectivity index (χ4n) is 4.04. The van der Waals surface area contributed by atoms with E-state index in [0.717, 1.165) is 16.3 Å². The van der Waals surface area contributed by atoms with Gasteiger partial charge in [-0.25, -0.2) is 0 Å². The van der Waals surface area contributed by atoms with Crippen LogP contribution < -0.4 is 0 Å². The van der Waals surface area contributed by atoms with Gasteiger partial charge in [0.15, 0.2) is 0 Å². The van der Waals surface area contributed by atoms with Gasteiger partial charge in [0, 0.05) is 0 Å². The maximum absolute atomic E-state index is 11.3. The van der Waals surface area contributed by atoms with Crippen molar-refractivity contribution < 1.29 is 9.90 Å². The molecule has 0 aromatic heterocycles. The minimum absolute atomic E-state index is 0.0434. The first-order chi connectivity index (χ1) is 11.7. The molecule has 5 aromatic carbocycles. The second kappa shape index (κ2) is 4.68. The van der Waals surface area contributed by atoms with E-state index in [9.17, 15) is 9.90 Å². The molecule has 5 aromatic rings. The molecule has 0 aliphatic carbocycles. The van der Waals surface area contributed by atoms with Gasteiger partial charge in [0.05, 0.1) is 6.42 Å². The standard InChI is InChI=1S/C22H14O2/c23-20(24)12-14-11-13-5-3-9-18-16-6-1-2-7-17(16)19-10-4-8-15(14)22(19)21(13)18/h1-11H,12H2,(H,23,24). The smallest absolute Gasteiger partial charge is 0.307 e. The summed E-state index contributed by atoms with van der Waals surface area (Å²) in [6.45, 7) is 0. The molecule has 2 nitrogen and oxygen atoms in total. The van der Waals surface area contributed by atoms with E-state index in [-0.39, 0.29) is 6.42 Å². The Balaban J connectivity index is 2.14. The van der Waals surface area contributed by atoms with Gasteiger partial charge in [-0.05, 0) is 54.7 Å². The Bertz CT molecular complexity index is 1250. The van der Waals surface area contributed by atoms with Crippen LogP contribution in [0.25, 0.3) is 43.1 Å². The first-order valence-electron chi connectivity index (χ1n) is 8.03. The summed E-state index contributed by atoms with van der Waals surface area (Å²) in [5, 5.41) is 18.7. The van der Waals surface area contributed by atoms with Crippen molar-refractivity contribution in [2.45, 2.75) is 6.42 Å². The number of hydrogen-bond acceptors (Lipinski definition) is 1. The molecule has 0 atom stereocenters. The highest BCUT2D eigenvalue weighted by Gasteiger charge is 2.16. The van der Waals surface area contributed by atoms with E-state index in [0.29, 0.717) is 0 Å². The molecular formula is C22H14O2. The molecular weight excluding hydrogens is 296 g/mol. The van der Waals surface area contributed by atoms with Crippen LogP contribution in [0.4, 0.5) is 0 Å². The lowest BCUT2D eigenvalue weighted by atomic mass is 9.87. The molecule has 0 fully saturated rings. The molecule has 0 heterocycles. The number of benzene rings is 5. The van der Waals surface area contributed by atoms with Crippen molar-refractivity contribution in [2.24, 2.45) is 0 Å². The van der Waals surface area contributed by atoms with E-state index < -0.39 is 5.97 Å². The Morgan fingerprint density at radius 3 is 2.00 bits per heavy atom. The highest BCUT2D eigenvalue weighted by Crippen LogP contribution is 2.41. The highest BCUT2D eigenvalue weighted by atomic mass is 16.4. The zero-order valence-corrected chi connectivity index (χ0v) is 12.9. The predicted octanol–water partition coefficient (Wildman–Crippen LogP) is 5.36. The van der Waals surface area contributed by atoms with Crippen LogP contribution >= 0.6 is 0 Å². The van der Waals surface area contributed by atoms with E-state index >= 15 is 0 Å². The number of fused-ring (bicyclic) bond motifs is 3. The van der Waals surface area contributed by atoms with Gasteiger partial charge in [-0.15, -0.1) is 0 Å². The second-order valence-electron chi connectivity index (χ2n) is 6.28. The van der Waals surface area contributed by atoms with Crippen LogP contribution in [0.15, 0.2) is 66.7 Å². The molecule has 1 N–H and O–H groups in total. The molecule has 0 spiro atoms. The summed E-state index contributed by atoms with van der Waals surface area (Å²) in [7, 11) is 0. The summed E-state index contributed by atoms with van der Waals surface area (Å²) in [6, 6.07) is 23.0. The van der Waals surface area contributed by atoms with Gasteiger partial charge in [0.1, 0.15) is 0 Å². The Morgan fingerprint density at radius 1 is 0.708 bits per heavy atom. The molecule has 0 amide bonds. The molecule has 0 aliphatic rings. The summed E-state index contributed by atoms with van der Waals surface area (Å²) in [5.41, 5.74) is 0.878. The average Bonchev–Trinajstić information content (AvgIpc) is 2.60. The fraction of sp³-hybridized carbons (Fsp3) is 0.0455. The molecule has 0 radical (unpaired) electrons. The summed E-state index contributed by atoms with van der Waals surface area (Å²) in [4.78, 5) is 11.3. The summed E-state index contributed by atoms with van der Waals surface area (Å²) >= 11 is 0. The molecule has 2 heteroatoms. The Labute approximate surface area is 138 Å². The van der Waals surface area contributed by atoms with Crippen LogP contribution in [-0.4, -0.2) is 11.1 Å². The van der Waals surface area contributed by atoms with Crippen molar-refractivity contribution in [2.75, 3.05) is 0 Å². The zero-order chi connectivity index (χ0) is 16.3. The van der Waals surface area contributed by atoms with E-state index in [1.54, 1.807) is 0 Å². The number of aliphatic carboxylic acids is 1.